The summed E-state index contributed by atoms with van der Waals surface area (Å²) < 4.78 is 7.28. The molecule has 0 saturated heterocycles. The molecule has 1 N–H and O–H groups in total. The summed E-state index contributed by atoms with van der Waals surface area (Å²) in [6.45, 7) is 3.87. The molecule has 0 saturated carbocycles. The zero-order valence-electron chi connectivity index (χ0n) is 20.0. The summed E-state index contributed by atoms with van der Waals surface area (Å²) >= 11 is 2.61. The molecule has 2 aliphatic heterocycles. The standard InChI is InChI=1S/C28H21N3O4S2/c1-3-35-27(34)21-22(16-8-5-4-6-9-16)30-28-31(23(21)19-10-7-13-36-19)26(33)24(37-28)20-17-14-15(2)11-12-18(17)29-25(20)32/h4-14,23H,3H2,1-2H3,(H,29,32)/b24-20-/t23-/m1/s1. The molecule has 6 rings (SSSR count). The molecule has 37 heavy (non-hydrogen) atoms. The maximum Gasteiger partial charge on any atom is 0.338 e. The molecule has 0 bridgehead atoms. The SMILES string of the molecule is CCOC(=O)C1=C(c2ccccc2)N=c2s/c(=C3\C(=O)Nc4ccc(C)cc43)c(=O)n2[C@@H]1c1cccs1. The number of hydrogen-bond acceptors (Lipinski definition) is 7. The van der Waals surface area contributed by atoms with Crippen LogP contribution in [0.2, 0.25) is 0 Å². The Kier molecular flexibility index (Phi) is 5.73. The van der Waals surface area contributed by atoms with Crippen LogP contribution in [0.3, 0.4) is 0 Å². The number of nitrogens with zero attached hydrogens (tertiary/aromatic N) is 2. The molecule has 184 valence electrons. The van der Waals surface area contributed by atoms with Crippen LogP contribution in [0.4, 0.5) is 5.69 Å². The van der Waals surface area contributed by atoms with Crippen molar-refractivity contribution in [2.45, 2.75) is 19.9 Å². The highest BCUT2D eigenvalue weighted by Crippen LogP contribution is 2.37. The number of nitrogens with one attached hydrogen (secondary N) is 1. The van der Waals surface area contributed by atoms with Crippen LogP contribution in [-0.2, 0) is 14.3 Å². The van der Waals surface area contributed by atoms with Crippen molar-refractivity contribution < 1.29 is 14.3 Å². The fourth-order valence-corrected chi connectivity index (χ4v) is 6.63. The first-order valence-corrected chi connectivity index (χ1v) is 13.4. The third-order valence-electron chi connectivity index (χ3n) is 6.31. The molecule has 2 aromatic heterocycles. The maximum absolute atomic E-state index is 14.1. The van der Waals surface area contributed by atoms with E-state index < -0.39 is 12.0 Å². The van der Waals surface area contributed by atoms with Crippen LogP contribution < -0.4 is 20.2 Å². The second kappa shape index (κ2) is 9.10. The first-order chi connectivity index (χ1) is 18.0. The largest absolute Gasteiger partial charge is 0.463 e. The average molecular weight is 528 g/mol. The van der Waals surface area contributed by atoms with Gasteiger partial charge in [-0.15, -0.1) is 11.3 Å². The van der Waals surface area contributed by atoms with Crippen molar-refractivity contribution in [3.63, 3.8) is 0 Å². The van der Waals surface area contributed by atoms with Gasteiger partial charge in [-0.3, -0.25) is 14.2 Å². The molecule has 7 nitrogen and oxygen atoms in total. The van der Waals surface area contributed by atoms with Crippen LogP contribution in [-0.4, -0.2) is 23.1 Å². The van der Waals surface area contributed by atoms with Crippen molar-refractivity contribution in [1.29, 1.82) is 0 Å². The molecule has 2 aromatic carbocycles. The topological polar surface area (TPSA) is 89.8 Å². The van der Waals surface area contributed by atoms with E-state index in [1.807, 2.05) is 73.0 Å². The Bertz CT molecular complexity index is 1780. The van der Waals surface area contributed by atoms with Gasteiger partial charge in [-0.05, 0) is 37.4 Å². The molecule has 4 heterocycles. The molecule has 2 aliphatic rings. The Morgan fingerprint density at radius 2 is 1.92 bits per heavy atom. The van der Waals surface area contributed by atoms with Gasteiger partial charge in [-0.25, -0.2) is 9.79 Å². The molecule has 1 amide bonds. The van der Waals surface area contributed by atoms with E-state index in [2.05, 4.69) is 5.32 Å². The number of thiophene rings is 1. The Labute approximate surface area is 219 Å². The number of aromatic nitrogens is 1. The van der Waals surface area contributed by atoms with E-state index in [1.54, 1.807) is 6.92 Å². The zero-order chi connectivity index (χ0) is 25.7. The number of rotatable bonds is 4. The van der Waals surface area contributed by atoms with E-state index in [0.717, 1.165) is 27.3 Å². The van der Waals surface area contributed by atoms with Crippen molar-refractivity contribution in [2.75, 3.05) is 11.9 Å². The fraction of sp³-hybridized carbons (Fsp3) is 0.143. The van der Waals surface area contributed by atoms with Gasteiger partial charge in [-0.2, -0.15) is 0 Å². The molecular formula is C28H21N3O4S2. The molecule has 0 unspecified atom stereocenters. The van der Waals surface area contributed by atoms with Crippen molar-refractivity contribution >= 4 is 51.5 Å². The monoisotopic (exact) mass is 527 g/mol. The van der Waals surface area contributed by atoms with Crippen molar-refractivity contribution in [1.82, 2.24) is 4.57 Å². The van der Waals surface area contributed by atoms with Gasteiger partial charge in [-0.1, -0.05) is 59.4 Å². The zero-order valence-corrected chi connectivity index (χ0v) is 21.6. The smallest absolute Gasteiger partial charge is 0.338 e. The summed E-state index contributed by atoms with van der Waals surface area (Å²) in [5, 5.41) is 4.77. The first kappa shape index (κ1) is 23.3. The third-order valence-corrected chi connectivity index (χ3v) is 8.29. The van der Waals surface area contributed by atoms with E-state index in [-0.39, 0.29) is 18.1 Å². The number of aryl methyl sites for hydroxylation is 1. The number of thiazole rings is 1. The van der Waals surface area contributed by atoms with Gasteiger partial charge in [0.15, 0.2) is 4.80 Å². The summed E-state index contributed by atoms with van der Waals surface area (Å²) in [6.07, 6.45) is 0. The van der Waals surface area contributed by atoms with Crippen molar-refractivity contribution in [3.05, 3.63) is 113 Å². The highest BCUT2D eigenvalue weighted by Gasteiger charge is 2.37. The number of esters is 1. The molecule has 4 aromatic rings. The maximum atomic E-state index is 14.1. The van der Waals surface area contributed by atoms with Crippen LogP contribution in [0.5, 0.6) is 0 Å². The number of benzene rings is 2. The number of fused-ring (bicyclic) bond motifs is 2. The number of ether oxygens (including phenoxy) is 1. The quantitative estimate of drug-likeness (QED) is 0.411. The fourth-order valence-electron chi connectivity index (χ4n) is 4.71. The lowest BCUT2D eigenvalue weighted by Crippen LogP contribution is -2.40. The summed E-state index contributed by atoms with van der Waals surface area (Å²) in [5.41, 5.74) is 3.80. The molecule has 0 aliphatic carbocycles. The van der Waals surface area contributed by atoms with Gasteiger partial charge in [0.1, 0.15) is 10.6 Å². The van der Waals surface area contributed by atoms with Gasteiger partial charge >= 0.3 is 5.97 Å². The molecule has 9 heteroatoms. The number of anilines is 1. The van der Waals surface area contributed by atoms with Gasteiger partial charge in [0.25, 0.3) is 11.5 Å². The normalized spacial score (nSPS) is 17.7. The molecule has 0 radical (unpaired) electrons. The van der Waals surface area contributed by atoms with E-state index in [0.29, 0.717) is 37.4 Å². The van der Waals surface area contributed by atoms with Crippen LogP contribution in [0.15, 0.2) is 81.4 Å². The summed E-state index contributed by atoms with van der Waals surface area (Å²) in [6, 6.07) is 18.1. The van der Waals surface area contributed by atoms with E-state index in [9.17, 15) is 14.4 Å². The Balaban J connectivity index is 1.71. The highest BCUT2D eigenvalue weighted by atomic mass is 32.1. The van der Waals surface area contributed by atoms with E-state index in [4.69, 9.17) is 9.73 Å². The third kappa shape index (κ3) is 3.78. The number of carbonyl (C=O) groups excluding carboxylic acids is 2. The summed E-state index contributed by atoms with van der Waals surface area (Å²) in [5.74, 6) is -0.854. The number of amides is 1. The molecule has 1 atom stereocenters. The Hall–Kier alpha value is -4.08. The molecule has 0 fully saturated rings. The first-order valence-electron chi connectivity index (χ1n) is 11.7. The second-order valence-corrected chi connectivity index (χ2v) is 10.6. The van der Waals surface area contributed by atoms with Gasteiger partial charge in [0.05, 0.1) is 23.5 Å². The van der Waals surface area contributed by atoms with Crippen molar-refractivity contribution in [3.8, 4) is 0 Å². The van der Waals surface area contributed by atoms with Gasteiger partial charge < -0.3 is 10.1 Å². The lowest BCUT2D eigenvalue weighted by atomic mass is 9.97. The predicted molar refractivity (Wildman–Crippen MR) is 144 cm³/mol. The summed E-state index contributed by atoms with van der Waals surface area (Å²) in [7, 11) is 0. The second-order valence-electron chi connectivity index (χ2n) is 8.65. The average Bonchev–Trinajstić information content (AvgIpc) is 3.61. The van der Waals surface area contributed by atoms with Crippen LogP contribution >= 0.6 is 22.7 Å². The predicted octanol–water partition coefficient (Wildman–Crippen LogP) is 3.63. The minimum atomic E-state index is -0.735. The number of hydrogen-bond donors (Lipinski definition) is 1. The Morgan fingerprint density at radius 1 is 1.11 bits per heavy atom. The van der Waals surface area contributed by atoms with Crippen LogP contribution in [0, 0.1) is 6.92 Å². The Morgan fingerprint density at radius 3 is 2.65 bits per heavy atom. The van der Waals surface area contributed by atoms with Gasteiger partial charge in [0.2, 0.25) is 0 Å². The van der Waals surface area contributed by atoms with Crippen LogP contribution in [0.1, 0.15) is 34.5 Å². The van der Waals surface area contributed by atoms with E-state index in [1.165, 1.54) is 15.9 Å². The lowest BCUT2D eigenvalue weighted by molar-refractivity contribution is -0.138. The lowest BCUT2D eigenvalue weighted by Gasteiger charge is -2.24. The minimum absolute atomic E-state index is 0.187. The molecular weight excluding hydrogens is 506 g/mol. The summed E-state index contributed by atoms with van der Waals surface area (Å²) in [4.78, 5) is 46.6. The molecule has 0 spiro atoms. The number of carbonyl (C=O) groups is 2. The van der Waals surface area contributed by atoms with E-state index >= 15 is 0 Å². The van der Waals surface area contributed by atoms with Crippen molar-refractivity contribution in [2.24, 2.45) is 4.99 Å². The van der Waals surface area contributed by atoms with Crippen LogP contribution in [0.25, 0.3) is 11.3 Å². The highest BCUT2D eigenvalue weighted by molar-refractivity contribution is 7.10. The minimum Gasteiger partial charge on any atom is -0.463 e. The van der Waals surface area contributed by atoms with Gasteiger partial charge in [0, 0.05) is 21.7 Å².